The molecule has 2 N–H and O–H groups in total. The van der Waals surface area contributed by atoms with Gasteiger partial charge in [-0.3, -0.25) is 4.79 Å². The van der Waals surface area contributed by atoms with Crippen molar-refractivity contribution in [1.29, 1.82) is 0 Å². The lowest BCUT2D eigenvalue weighted by Crippen LogP contribution is -2.45. The number of hydrogen-bond acceptors (Lipinski definition) is 4. The highest BCUT2D eigenvalue weighted by atomic mass is 32.1. The molecule has 0 aliphatic heterocycles. The van der Waals surface area contributed by atoms with Crippen molar-refractivity contribution in [2.45, 2.75) is 45.7 Å². The van der Waals surface area contributed by atoms with Crippen LogP contribution in [-0.2, 0) is 6.54 Å². The van der Waals surface area contributed by atoms with Crippen LogP contribution in [0.15, 0.2) is 16.2 Å². The average molecular weight is 348 g/mol. The molecule has 130 valence electrons. The van der Waals surface area contributed by atoms with Crippen LogP contribution in [0.1, 0.15) is 38.9 Å². The van der Waals surface area contributed by atoms with Crippen LogP contribution in [0.3, 0.4) is 0 Å². The van der Waals surface area contributed by atoms with Crippen LogP contribution in [0, 0.1) is 11.8 Å². The number of carbonyl (C=O) groups excluding carboxylic acids is 1. The number of H-pyrrole nitrogens is 1. The topological polar surface area (TPSA) is 78.1 Å². The fourth-order valence-electron chi connectivity index (χ4n) is 3.26. The lowest BCUT2D eigenvalue weighted by atomic mass is 9.79. The van der Waals surface area contributed by atoms with Gasteiger partial charge in [0.15, 0.2) is 0 Å². The fourth-order valence-corrected chi connectivity index (χ4v) is 3.98. The number of urea groups is 1. The van der Waals surface area contributed by atoms with Gasteiger partial charge in [-0.2, -0.15) is 0 Å². The van der Waals surface area contributed by atoms with Crippen LogP contribution < -0.4 is 10.9 Å². The van der Waals surface area contributed by atoms with Gasteiger partial charge < -0.3 is 15.2 Å². The van der Waals surface area contributed by atoms with Gasteiger partial charge >= 0.3 is 6.03 Å². The molecule has 2 aromatic heterocycles. The maximum absolute atomic E-state index is 12.4. The average Bonchev–Trinajstić information content (AvgIpc) is 3.00. The minimum atomic E-state index is -0.145. The zero-order valence-electron chi connectivity index (χ0n) is 14.3. The number of nitrogens with zero attached hydrogens (tertiary/aromatic N) is 2. The van der Waals surface area contributed by atoms with Gasteiger partial charge in [0.05, 0.1) is 12.1 Å². The molecule has 1 fully saturated rings. The predicted octanol–water partition coefficient (Wildman–Crippen LogP) is 2.95. The third-order valence-electron chi connectivity index (χ3n) is 5.02. The summed E-state index contributed by atoms with van der Waals surface area (Å²) in [6, 6.07) is 1.94. The monoisotopic (exact) mass is 348 g/mol. The van der Waals surface area contributed by atoms with Crippen molar-refractivity contribution in [3.8, 4) is 0 Å². The van der Waals surface area contributed by atoms with Gasteiger partial charge in [-0.05, 0) is 42.5 Å². The second-order valence-electron chi connectivity index (χ2n) is 6.92. The first-order valence-electron chi connectivity index (χ1n) is 8.42. The molecule has 0 radical (unpaired) electrons. The minimum Gasteiger partial charge on any atom is -0.335 e. The summed E-state index contributed by atoms with van der Waals surface area (Å²) < 4.78 is 0.621. The van der Waals surface area contributed by atoms with Crippen LogP contribution >= 0.6 is 11.3 Å². The van der Waals surface area contributed by atoms with Crippen molar-refractivity contribution in [1.82, 2.24) is 20.2 Å². The molecular formula is C17H24N4O2S. The van der Waals surface area contributed by atoms with Gasteiger partial charge in [-0.25, -0.2) is 9.78 Å². The van der Waals surface area contributed by atoms with E-state index in [0.29, 0.717) is 22.0 Å². The van der Waals surface area contributed by atoms with Crippen LogP contribution in [0.4, 0.5) is 4.79 Å². The fraction of sp³-hybridized carbons (Fsp3) is 0.588. The summed E-state index contributed by atoms with van der Waals surface area (Å²) in [4.78, 5) is 33.1. The Balaban J connectivity index is 1.62. The van der Waals surface area contributed by atoms with E-state index in [4.69, 9.17) is 0 Å². The van der Waals surface area contributed by atoms with Gasteiger partial charge in [0.1, 0.15) is 10.5 Å². The Kier molecular flexibility index (Phi) is 4.89. The van der Waals surface area contributed by atoms with E-state index in [1.807, 2.05) is 11.4 Å². The molecule has 0 spiro atoms. The molecule has 0 bridgehead atoms. The minimum absolute atomic E-state index is 0.116. The van der Waals surface area contributed by atoms with E-state index in [-0.39, 0.29) is 24.2 Å². The number of nitrogens with one attached hydrogen (secondary N) is 2. The molecule has 3 rings (SSSR count). The third kappa shape index (κ3) is 3.61. The lowest BCUT2D eigenvalue weighted by molar-refractivity contribution is 0.183. The van der Waals surface area contributed by atoms with Gasteiger partial charge in [-0.1, -0.05) is 13.8 Å². The molecule has 0 saturated heterocycles. The predicted molar refractivity (Wildman–Crippen MR) is 96.2 cm³/mol. The Morgan fingerprint density at radius 2 is 2.21 bits per heavy atom. The van der Waals surface area contributed by atoms with Crippen molar-refractivity contribution in [2.24, 2.45) is 11.8 Å². The standard InChI is InChI=1S/C17H24N4O2S/c1-10-4-5-12(8-11(10)2)18-17(23)21(3)9-14-19-13-6-7-24-15(13)16(22)20-14/h6-7,10-12H,4-5,8-9H2,1-3H3,(H,18,23)(H,19,20,22). The molecule has 2 amide bonds. The SMILES string of the molecule is CC1CCC(NC(=O)N(C)Cc2nc3ccsc3c(=O)[nH]2)CC1C. The normalized spacial score (nSPS) is 24.0. The number of aromatic nitrogens is 2. The van der Waals surface area contributed by atoms with E-state index in [1.54, 1.807) is 11.9 Å². The number of aromatic amines is 1. The molecule has 0 aromatic carbocycles. The molecule has 2 heterocycles. The number of amides is 2. The largest absolute Gasteiger partial charge is 0.335 e. The zero-order chi connectivity index (χ0) is 17.3. The first-order chi connectivity index (χ1) is 11.4. The van der Waals surface area contributed by atoms with E-state index in [2.05, 4.69) is 29.1 Å². The number of fused-ring (bicyclic) bond motifs is 1. The van der Waals surface area contributed by atoms with Crippen molar-refractivity contribution in [2.75, 3.05) is 7.05 Å². The molecule has 3 unspecified atom stereocenters. The van der Waals surface area contributed by atoms with Crippen LogP contribution in [0.2, 0.25) is 0 Å². The summed E-state index contributed by atoms with van der Waals surface area (Å²) in [5.74, 6) is 1.87. The molecule has 1 saturated carbocycles. The summed E-state index contributed by atoms with van der Waals surface area (Å²) in [6.45, 7) is 4.81. The highest BCUT2D eigenvalue weighted by Gasteiger charge is 2.26. The second-order valence-corrected chi connectivity index (χ2v) is 7.83. The number of thiophene rings is 1. The Labute approximate surface area is 145 Å². The summed E-state index contributed by atoms with van der Waals surface area (Å²) in [5.41, 5.74) is 0.538. The Bertz CT molecular complexity index is 784. The van der Waals surface area contributed by atoms with Crippen molar-refractivity contribution >= 4 is 27.6 Å². The van der Waals surface area contributed by atoms with Gasteiger partial charge in [0.2, 0.25) is 0 Å². The summed E-state index contributed by atoms with van der Waals surface area (Å²) in [5, 5.41) is 4.95. The highest BCUT2D eigenvalue weighted by Crippen LogP contribution is 2.29. The first-order valence-corrected chi connectivity index (χ1v) is 9.30. The maximum atomic E-state index is 12.4. The summed E-state index contributed by atoms with van der Waals surface area (Å²) in [7, 11) is 1.72. The van der Waals surface area contributed by atoms with Gasteiger partial charge in [0.25, 0.3) is 5.56 Å². The molecular weight excluding hydrogens is 324 g/mol. The van der Waals surface area contributed by atoms with Crippen LogP contribution in [0.5, 0.6) is 0 Å². The maximum Gasteiger partial charge on any atom is 0.317 e. The number of hydrogen-bond donors (Lipinski definition) is 2. The highest BCUT2D eigenvalue weighted by molar-refractivity contribution is 7.17. The summed E-state index contributed by atoms with van der Waals surface area (Å²) >= 11 is 1.37. The molecule has 2 aromatic rings. The second kappa shape index (κ2) is 6.93. The van der Waals surface area contributed by atoms with E-state index in [0.717, 1.165) is 25.2 Å². The third-order valence-corrected chi connectivity index (χ3v) is 5.93. The Hall–Kier alpha value is -1.89. The first kappa shape index (κ1) is 17.0. The number of rotatable bonds is 3. The molecule has 7 heteroatoms. The van der Waals surface area contributed by atoms with E-state index in [9.17, 15) is 9.59 Å². The lowest BCUT2D eigenvalue weighted by Gasteiger charge is -2.33. The van der Waals surface area contributed by atoms with Crippen molar-refractivity contribution in [3.05, 3.63) is 27.6 Å². The number of carbonyl (C=O) groups is 1. The van der Waals surface area contributed by atoms with E-state index < -0.39 is 0 Å². The molecule has 1 aliphatic rings. The van der Waals surface area contributed by atoms with Crippen molar-refractivity contribution in [3.63, 3.8) is 0 Å². The summed E-state index contributed by atoms with van der Waals surface area (Å²) in [6.07, 6.45) is 3.21. The Morgan fingerprint density at radius 1 is 1.42 bits per heavy atom. The smallest absolute Gasteiger partial charge is 0.317 e. The quantitative estimate of drug-likeness (QED) is 0.895. The van der Waals surface area contributed by atoms with Gasteiger partial charge in [-0.15, -0.1) is 11.3 Å². The van der Waals surface area contributed by atoms with Crippen LogP contribution in [-0.4, -0.2) is 34.0 Å². The molecule has 6 nitrogen and oxygen atoms in total. The van der Waals surface area contributed by atoms with E-state index >= 15 is 0 Å². The van der Waals surface area contributed by atoms with Gasteiger partial charge in [0, 0.05) is 13.1 Å². The van der Waals surface area contributed by atoms with Crippen molar-refractivity contribution < 1.29 is 4.79 Å². The molecule has 1 aliphatic carbocycles. The molecule has 3 atom stereocenters. The zero-order valence-corrected chi connectivity index (χ0v) is 15.2. The van der Waals surface area contributed by atoms with E-state index in [1.165, 1.54) is 11.3 Å². The van der Waals surface area contributed by atoms with Crippen LogP contribution in [0.25, 0.3) is 10.2 Å². The molecule has 24 heavy (non-hydrogen) atoms. The Morgan fingerprint density at radius 3 is 2.96 bits per heavy atom.